The molecule has 0 saturated heterocycles. The van der Waals surface area contributed by atoms with Gasteiger partial charge < -0.3 is 15.1 Å². The van der Waals surface area contributed by atoms with Gasteiger partial charge in [0.1, 0.15) is 5.75 Å². The van der Waals surface area contributed by atoms with Gasteiger partial charge in [-0.05, 0) is 53.4 Å². The second-order valence-corrected chi connectivity index (χ2v) is 6.24. The van der Waals surface area contributed by atoms with Crippen molar-refractivity contribution in [3.05, 3.63) is 71.3 Å². The molecular weight excluding hydrogens is 298 g/mol. The highest BCUT2D eigenvalue weighted by molar-refractivity contribution is 5.89. The number of aliphatic hydroxyl groups excluding tert-OH is 1. The Labute approximate surface area is 142 Å². The third-order valence-corrected chi connectivity index (χ3v) is 4.49. The molecule has 3 nitrogen and oxygen atoms in total. The highest BCUT2D eigenvalue weighted by atomic mass is 16.3. The highest BCUT2D eigenvalue weighted by Crippen LogP contribution is 2.32. The number of fused-ring (bicyclic) bond motifs is 1. The quantitative estimate of drug-likeness (QED) is 0.746. The lowest BCUT2D eigenvalue weighted by Crippen LogP contribution is -2.17. The number of phenols is 1. The molecule has 3 aromatic carbocycles. The minimum atomic E-state index is 0.165. The Morgan fingerprint density at radius 3 is 2.42 bits per heavy atom. The summed E-state index contributed by atoms with van der Waals surface area (Å²) in [6.45, 7) is 2.74. The average molecular weight is 321 g/mol. The third kappa shape index (κ3) is 3.22. The Morgan fingerprint density at radius 1 is 1.00 bits per heavy atom. The van der Waals surface area contributed by atoms with Crippen molar-refractivity contribution >= 4 is 16.5 Å². The number of hydrogen-bond acceptors (Lipinski definition) is 3. The molecule has 0 aliphatic carbocycles. The number of hydrogen-bond donors (Lipinski definition) is 2. The molecule has 0 fully saturated rings. The molecule has 0 aromatic heterocycles. The van der Waals surface area contributed by atoms with Gasteiger partial charge in [-0.25, -0.2) is 0 Å². The summed E-state index contributed by atoms with van der Waals surface area (Å²) < 4.78 is 0. The van der Waals surface area contributed by atoms with Gasteiger partial charge in [-0.3, -0.25) is 0 Å². The van der Waals surface area contributed by atoms with Crippen LogP contribution in [-0.4, -0.2) is 23.9 Å². The number of benzene rings is 3. The summed E-state index contributed by atoms with van der Waals surface area (Å²) >= 11 is 0. The SMILES string of the molecule is Cc1cc2ccccc2c(CN(C)c2ccc(CCO)cc2)c1O. The van der Waals surface area contributed by atoms with Gasteiger partial charge >= 0.3 is 0 Å². The molecule has 0 unspecified atom stereocenters. The van der Waals surface area contributed by atoms with Crippen LogP contribution in [0.4, 0.5) is 5.69 Å². The van der Waals surface area contributed by atoms with Gasteiger partial charge in [-0.1, -0.05) is 36.4 Å². The molecule has 0 atom stereocenters. The van der Waals surface area contributed by atoms with Gasteiger partial charge in [0.25, 0.3) is 0 Å². The summed E-state index contributed by atoms with van der Waals surface area (Å²) in [4.78, 5) is 2.13. The van der Waals surface area contributed by atoms with Crippen LogP contribution in [0.3, 0.4) is 0 Å². The van der Waals surface area contributed by atoms with Gasteiger partial charge in [0, 0.05) is 31.5 Å². The number of phenolic OH excluding ortho intramolecular Hbond substituents is 1. The molecule has 0 heterocycles. The summed E-state index contributed by atoms with van der Waals surface area (Å²) in [5, 5.41) is 21.8. The standard InChI is InChI=1S/C21H23NO2/c1-15-13-17-5-3-4-6-19(17)20(21(15)24)14-22(2)18-9-7-16(8-10-18)11-12-23/h3-10,13,23-24H,11-12,14H2,1-2H3. The molecule has 3 heteroatoms. The van der Waals surface area contributed by atoms with Crippen molar-refractivity contribution < 1.29 is 10.2 Å². The van der Waals surface area contributed by atoms with Gasteiger partial charge in [-0.2, -0.15) is 0 Å². The molecule has 124 valence electrons. The van der Waals surface area contributed by atoms with Crippen LogP contribution >= 0.6 is 0 Å². The molecular formula is C21H23NO2. The fraction of sp³-hybridized carbons (Fsp3) is 0.238. The van der Waals surface area contributed by atoms with Crippen molar-refractivity contribution in [1.82, 2.24) is 0 Å². The lowest BCUT2D eigenvalue weighted by Gasteiger charge is -2.22. The third-order valence-electron chi connectivity index (χ3n) is 4.49. The lowest BCUT2D eigenvalue weighted by atomic mass is 9.99. The van der Waals surface area contributed by atoms with Crippen LogP contribution in [0.5, 0.6) is 5.75 Å². The molecule has 0 amide bonds. The number of rotatable bonds is 5. The highest BCUT2D eigenvalue weighted by Gasteiger charge is 2.12. The van der Waals surface area contributed by atoms with Gasteiger partial charge in [0.2, 0.25) is 0 Å². The predicted octanol–water partition coefficient (Wildman–Crippen LogP) is 4.03. The molecule has 3 rings (SSSR count). The summed E-state index contributed by atoms with van der Waals surface area (Å²) in [6.07, 6.45) is 0.674. The van der Waals surface area contributed by atoms with E-state index in [1.54, 1.807) is 0 Å². The minimum absolute atomic E-state index is 0.165. The van der Waals surface area contributed by atoms with E-state index in [1.807, 2.05) is 44.3 Å². The lowest BCUT2D eigenvalue weighted by molar-refractivity contribution is 0.299. The summed E-state index contributed by atoms with van der Waals surface area (Å²) in [5.41, 5.74) is 4.06. The van der Waals surface area contributed by atoms with E-state index in [4.69, 9.17) is 5.11 Å². The van der Waals surface area contributed by atoms with Crippen molar-refractivity contribution in [1.29, 1.82) is 0 Å². The van der Waals surface area contributed by atoms with Crippen molar-refractivity contribution in [3.63, 3.8) is 0 Å². The first-order valence-corrected chi connectivity index (χ1v) is 8.21. The predicted molar refractivity (Wildman–Crippen MR) is 99.7 cm³/mol. The zero-order chi connectivity index (χ0) is 17.1. The Kier molecular flexibility index (Phi) is 4.72. The molecule has 0 aliphatic rings. The Balaban J connectivity index is 1.92. The van der Waals surface area contributed by atoms with Crippen LogP contribution in [0.25, 0.3) is 10.8 Å². The van der Waals surface area contributed by atoms with E-state index in [0.717, 1.165) is 33.2 Å². The second kappa shape index (κ2) is 6.93. The van der Waals surface area contributed by atoms with Gasteiger partial charge in [-0.15, -0.1) is 0 Å². The van der Waals surface area contributed by atoms with Crippen LogP contribution in [0.2, 0.25) is 0 Å². The van der Waals surface area contributed by atoms with E-state index in [1.165, 1.54) is 0 Å². The van der Waals surface area contributed by atoms with E-state index >= 15 is 0 Å². The summed E-state index contributed by atoms with van der Waals surface area (Å²) in [6, 6.07) is 18.4. The van der Waals surface area contributed by atoms with Crippen molar-refractivity contribution in [2.24, 2.45) is 0 Å². The molecule has 0 spiro atoms. The number of nitrogens with zero attached hydrogens (tertiary/aromatic N) is 1. The van der Waals surface area contributed by atoms with Crippen LogP contribution in [0, 0.1) is 6.92 Å². The smallest absolute Gasteiger partial charge is 0.124 e. The maximum absolute atomic E-state index is 10.6. The maximum atomic E-state index is 10.6. The van der Waals surface area contributed by atoms with E-state index in [2.05, 4.69) is 29.2 Å². The van der Waals surface area contributed by atoms with Crippen LogP contribution in [0.15, 0.2) is 54.6 Å². The number of anilines is 1. The maximum Gasteiger partial charge on any atom is 0.124 e. The molecule has 0 saturated carbocycles. The van der Waals surface area contributed by atoms with E-state index in [0.29, 0.717) is 18.7 Å². The molecule has 3 aromatic rings. The first-order valence-electron chi connectivity index (χ1n) is 8.21. The zero-order valence-corrected chi connectivity index (χ0v) is 14.2. The minimum Gasteiger partial charge on any atom is -0.507 e. The van der Waals surface area contributed by atoms with Crippen LogP contribution < -0.4 is 4.90 Å². The fourth-order valence-corrected chi connectivity index (χ4v) is 3.10. The molecule has 24 heavy (non-hydrogen) atoms. The van der Waals surface area contributed by atoms with Gasteiger partial charge in [0.15, 0.2) is 0 Å². The molecule has 2 N–H and O–H groups in total. The summed E-state index contributed by atoms with van der Waals surface area (Å²) in [5.74, 6) is 0.373. The van der Waals surface area contributed by atoms with E-state index < -0.39 is 0 Å². The first kappa shape index (κ1) is 16.3. The van der Waals surface area contributed by atoms with Crippen molar-refractivity contribution in [2.75, 3.05) is 18.6 Å². The average Bonchev–Trinajstić information content (AvgIpc) is 2.59. The zero-order valence-electron chi connectivity index (χ0n) is 14.2. The number of aryl methyl sites for hydroxylation is 1. The largest absolute Gasteiger partial charge is 0.507 e. The normalized spacial score (nSPS) is 11.0. The Morgan fingerprint density at radius 2 is 1.71 bits per heavy atom. The van der Waals surface area contributed by atoms with Crippen molar-refractivity contribution in [3.8, 4) is 5.75 Å². The van der Waals surface area contributed by atoms with E-state index in [-0.39, 0.29) is 6.61 Å². The number of aliphatic hydroxyl groups is 1. The van der Waals surface area contributed by atoms with Crippen molar-refractivity contribution in [2.45, 2.75) is 19.9 Å². The Bertz CT molecular complexity index is 840. The van der Waals surface area contributed by atoms with E-state index in [9.17, 15) is 5.11 Å². The van der Waals surface area contributed by atoms with Crippen LogP contribution in [-0.2, 0) is 13.0 Å². The van der Waals surface area contributed by atoms with Crippen LogP contribution in [0.1, 0.15) is 16.7 Å². The fourth-order valence-electron chi connectivity index (χ4n) is 3.10. The molecule has 0 bridgehead atoms. The molecule has 0 radical (unpaired) electrons. The molecule has 0 aliphatic heterocycles. The monoisotopic (exact) mass is 321 g/mol. The number of aromatic hydroxyl groups is 1. The second-order valence-electron chi connectivity index (χ2n) is 6.24. The topological polar surface area (TPSA) is 43.7 Å². The summed E-state index contributed by atoms with van der Waals surface area (Å²) in [7, 11) is 2.03. The Hall–Kier alpha value is -2.52. The van der Waals surface area contributed by atoms with Gasteiger partial charge in [0.05, 0.1) is 0 Å². The first-order chi connectivity index (χ1) is 11.6.